The van der Waals surface area contributed by atoms with Crippen molar-refractivity contribution in [2.75, 3.05) is 11.1 Å². The van der Waals surface area contributed by atoms with Gasteiger partial charge >= 0.3 is 0 Å². The van der Waals surface area contributed by atoms with Crippen LogP contribution < -0.4 is 10.9 Å². The summed E-state index contributed by atoms with van der Waals surface area (Å²) < 4.78 is 24.6. The lowest BCUT2D eigenvalue weighted by Gasteiger charge is -2.27. The molecule has 0 aliphatic heterocycles. The van der Waals surface area contributed by atoms with Gasteiger partial charge in [0.15, 0.2) is 15.0 Å². The van der Waals surface area contributed by atoms with Gasteiger partial charge in [0.05, 0.1) is 16.6 Å². The molecule has 0 radical (unpaired) electrons. The highest BCUT2D eigenvalue weighted by Gasteiger charge is 2.31. The van der Waals surface area contributed by atoms with E-state index in [9.17, 15) is 18.0 Å². The Morgan fingerprint density at radius 1 is 1.20 bits per heavy atom. The van der Waals surface area contributed by atoms with E-state index < -0.39 is 15.8 Å². The molecule has 7 nitrogen and oxygen atoms in total. The van der Waals surface area contributed by atoms with Crippen molar-refractivity contribution in [3.05, 3.63) is 63.5 Å². The molecule has 0 bridgehead atoms. The molecule has 0 spiro atoms. The van der Waals surface area contributed by atoms with E-state index in [-0.39, 0.29) is 22.1 Å². The molecule has 0 saturated heterocycles. The minimum absolute atomic E-state index is 0.0160. The standard InChI is InChI=1S/C26H31N3O4S2/c1-3-35(32,33)20-11-9-19(10-12-20)21-15-17(2)28-25(31)23(21)22(16-18-7-5-4-6-8-18)24(30)29-26-27-13-14-34-26/h9-15,18,22H,3-8,16H2,1-2H3,(H,28,31)(H,27,29,30)/t22-/m0/s1. The van der Waals surface area contributed by atoms with E-state index in [4.69, 9.17) is 0 Å². The zero-order valence-corrected chi connectivity index (χ0v) is 21.7. The number of amides is 1. The van der Waals surface area contributed by atoms with Crippen LogP contribution in [-0.2, 0) is 14.6 Å². The van der Waals surface area contributed by atoms with Crippen molar-refractivity contribution in [1.29, 1.82) is 0 Å². The van der Waals surface area contributed by atoms with Crippen molar-refractivity contribution < 1.29 is 13.2 Å². The molecule has 186 valence electrons. The van der Waals surface area contributed by atoms with E-state index in [0.717, 1.165) is 25.7 Å². The molecule has 4 rings (SSSR count). The van der Waals surface area contributed by atoms with Crippen LogP contribution in [0.15, 0.2) is 51.6 Å². The number of anilines is 1. The number of sulfone groups is 1. The van der Waals surface area contributed by atoms with Crippen LogP contribution in [0.2, 0.25) is 0 Å². The highest BCUT2D eigenvalue weighted by molar-refractivity contribution is 7.91. The van der Waals surface area contributed by atoms with E-state index in [2.05, 4.69) is 15.3 Å². The van der Waals surface area contributed by atoms with E-state index >= 15 is 0 Å². The minimum Gasteiger partial charge on any atom is -0.326 e. The molecule has 35 heavy (non-hydrogen) atoms. The molecule has 1 fully saturated rings. The molecule has 3 aromatic rings. The summed E-state index contributed by atoms with van der Waals surface area (Å²) in [5.74, 6) is -0.518. The Morgan fingerprint density at radius 2 is 1.91 bits per heavy atom. The number of hydrogen-bond acceptors (Lipinski definition) is 6. The lowest BCUT2D eigenvalue weighted by Crippen LogP contribution is -2.30. The van der Waals surface area contributed by atoms with Gasteiger partial charge in [-0.15, -0.1) is 11.3 Å². The fraction of sp³-hybridized carbons (Fsp3) is 0.423. The first-order valence-corrected chi connectivity index (χ1v) is 14.6. The van der Waals surface area contributed by atoms with Crippen molar-refractivity contribution in [3.8, 4) is 11.1 Å². The third kappa shape index (κ3) is 5.90. The van der Waals surface area contributed by atoms with Crippen molar-refractivity contribution in [1.82, 2.24) is 9.97 Å². The van der Waals surface area contributed by atoms with E-state index in [1.807, 2.05) is 6.07 Å². The molecule has 2 aromatic heterocycles. The highest BCUT2D eigenvalue weighted by atomic mass is 32.2. The average molecular weight is 514 g/mol. The quantitative estimate of drug-likeness (QED) is 0.425. The van der Waals surface area contributed by atoms with Crippen LogP contribution in [0.25, 0.3) is 11.1 Å². The Labute approximate surface area is 209 Å². The summed E-state index contributed by atoms with van der Waals surface area (Å²) >= 11 is 1.34. The number of carbonyl (C=O) groups excluding carboxylic acids is 1. The maximum Gasteiger partial charge on any atom is 0.252 e. The number of nitrogens with one attached hydrogen (secondary N) is 2. The van der Waals surface area contributed by atoms with Crippen molar-refractivity contribution in [2.45, 2.75) is 63.2 Å². The normalized spacial score (nSPS) is 15.6. The Kier molecular flexibility index (Phi) is 7.86. The predicted octanol–water partition coefficient (Wildman–Crippen LogP) is 5.29. The number of aryl methyl sites for hydroxylation is 1. The topological polar surface area (TPSA) is 109 Å². The van der Waals surface area contributed by atoms with Gasteiger partial charge in [-0.3, -0.25) is 9.59 Å². The number of pyridine rings is 1. The molecule has 9 heteroatoms. The van der Waals surface area contributed by atoms with Crippen LogP contribution in [0.1, 0.15) is 62.6 Å². The van der Waals surface area contributed by atoms with Gasteiger partial charge in [0, 0.05) is 22.8 Å². The van der Waals surface area contributed by atoms with Gasteiger partial charge in [-0.2, -0.15) is 0 Å². The molecule has 1 aliphatic rings. The van der Waals surface area contributed by atoms with E-state index in [0.29, 0.717) is 39.9 Å². The van der Waals surface area contributed by atoms with E-state index in [1.54, 1.807) is 49.7 Å². The second-order valence-corrected chi connectivity index (χ2v) is 12.3. The van der Waals surface area contributed by atoms with Crippen LogP contribution >= 0.6 is 11.3 Å². The lowest BCUT2D eigenvalue weighted by molar-refractivity contribution is -0.118. The number of rotatable bonds is 8. The summed E-state index contributed by atoms with van der Waals surface area (Å²) in [5, 5.41) is 5.20. The largest absolute Gasteiger partial charge is 0.326 e. The minimum atomic E-state index is -3.34. The van der Waals surface area contributed by atoms with Gasteiger partial charge in [-0.05, 0) is 48.6 Å². The third-order valence-electron chi connectivity index (χ3n) is 6.73. The molecule has 1 amide bonds. The number of carbonyl (C=O) groups is 1. The van der Waals surface area contributed by atoms with Crippen LogP contribution in [0.5, 0.6) is 0 Å². The van der Waals surface area contributed by atoms with Gasteiger partial charge in [0.25, 0.3) is 5.56 Å². The second-order valence-electron chi connectivity index (χ2n) is 9.16. The van der Waals surface area contributed by atoms with Gasteiger partial charge in [-0.25, -0.2) is 13.4 Å². The summed E-state index contributed by atoms with van der Waals surface area (Å²) in [5.41, 5.74) is 2.17. The molecule has 0 unspecified atom stereocenters. The Hall–Kier alpha value is -2.78. The number of hydrogen-bond donors (Lipinski definition) is 2. The zero-order valence-electron chi connectivity index (χ0n) is 20.0. The van der Waals surface area contributed by atoms with Gasteiger partial charge in [0.2, 0.25) is 5.91 Å². The van der Waals surface area contributed by atoms with Crippen LogP contribution in [0.4, 0.5) is 5.13 Å². The maximum atomic E-state index is 13.6. The zero-order chi connectivity index (χ0) is 25.0. The van der Waals surface area contributed by atoms with Gasteiger partial charge in [0.1, 0.15) is 0 Å². The van der Waals surface area contributed by atoms with Crippen molar-refractivity contribution >= 4 is 32.2 Å². The molecular formula is C26H31N3O4S2. The number of aromatic amines is 1. The summed E-state index contributed by atoms with van der Waals surface area (Å²) in [6.07, 6.45) is 7.78. The number of thiazole rings is 1. The third-order valence-corrected chi connectivity index (χ3v) is 9.17. The summed E-state index contributed by atoms with van der Waals surface area (Å²) in [6.45, 7) is 3.41. The molecule has 1 atom stereocenters. The predicted molar refractivity (Wildman–Crippen MR) is 140 cm³/mol. The highest BCUT2D eigenvalue weighted by Crippen LogP contribution is 2.37. The Morgan fingerprint density at radius 3 is 2.54 bits per heavy atom. The molecule has 2 heterocycles. The molecular weight excluding hydrogens is 482 g/mol. The van der Waals surface area contributed by atoms with Gasteiger partial charge < -0.3 is 10.3 Å². The first-order valence-electron chi connectivity index (χ1n) is 12.1. The number of nitrogens with zero attached hydrogens (tertiary/aromatic N) is 1. The van der Waals surface area contributed by atoms with Crippen LogP contribution in [0.3, 0.4) is 0 Å². The van der Waals surface area contributed by atoms with Crippen molar-refractivity contribution in [3.63, 3.8) is 0 Å². The molecule has 1 saturated carbocycles. The number of aromatic nitrogens is 2. The Bertz CT molecular complexity index is 1320. The molecule has 1 aliphatic carbocycles. The monoisotopic (exact) mass is 513 g/mol. The lowest BCUT2D eigenvalue weighted by atomic mass is 9.79. The summed E-state index contributed by atoms with van der Waals surface area (Å²) in [4.78, 5) is 34.2. The number of benzene rings is 1. The maximum absolute atomic E-state index is 13.6. The van der Waals surface area contributed by atoms with E-state index in [1.165, 1.54) is 17.8 Å². The number of H-pyrrole nitrogens is 1. The van der Waals surface area contributed by atoms with Crippen molar-refractivity contribution in [2.24, 2.45) is 5.92 Å². The second kappa shape index (κ2) is 10.9. The van der Waals surface area contributed by atoms with Crippen LogP contribution in [-0.4, -0.2) is 30.0 Å². The molecule has 2 N–H and O–H groups in total. The fourth-order valence-corrected chi connectivity index (χ4v) is 6.30. The average Bonchev–Trinajstić information content (AvgIpc) is 3.36. The van der Waals surface area contributed by atoms with Gasteiger partial charge in [-0.1, -0.05) is 51.2 Å². The fourth-order valence-electron chi connectivity index (χ4n) is 4.88. The first kappa shape index (κ1) is 25.3. The SMILES string of the molecule is CCS(=O)(=O)c1ccc(-c2cc(C)[nH]c(=O)c2[C@H](CC2CCCCC2)C(=O)Nc2nccs2)cc1. The smallest absolute Gasteiger partial charge is 0.252 e. The summed E-state index contributed by atoms with van der Waals surface area (Å²) in [6, 6.07) is 8.44. The first-order chi connectivity index (χ1) is 16.8. The van der Waals surface area contributed by atoms with Crippen LogP contribution in [0, 0.1) is 12.8 Å². The Balaban J connectivity index is 1.79. The summed E-state index contributed by atoms with van der Waals surface area (Å²) in [7, 11) is -3.34. The molecule has 1 aromatic carbocycles.